The second-order valence-electron chi connectivity index (χ2n) is 3.26. The second-order valence-corrected chi connectivity index (χ2v) is 3.26. The third kappa shape index (κ3) is 3.30. The van der Waals surface area contributed by atoms with Crippen molar-refractivity contribution < 1.29 is 0 Å². The van der Waals surface area contributed by atoms with Crippen LogP contribution in [0.5, 0.6) is 0 Å². The van der Waals surface area contributed by atoms with E-state index in [1.807, 2.05) is 31.2 Å². The van der Waals surface area contributed by atoms with Crippen molar-refractivity contribution in [3.63, 3.8) is 0 Å². The number of para-hydroxylation sites is 1. The second kappa shape index (κ2) is 4.67. The van der Waals surface area contributed by atoms with E-state index in [9.17, 15) is 0 Å². The summed E-state index contributed by atoms with van der Waals surface area (Å²) in [6.45, 7) is 7.46. The minimum absolute atomic E-state index is 0.805. The molecule has 3 N–H and O–H groups in total. The molecule has 0 heterocycles. The molecule has 0 aliphatic heterocycles. The van der Waals surface area contributed by atoms with E-state index in [4.69, 9.17) is 5.73 Å². The number of rotatable bonds is 4. The van der Waals surface area contributed by atoms with Gasteiger partial charge in [0.2, 0.25) is 0 Å². The molecular formula is C11H16N2. The van der Waals surface area contributed by atoms with Crippen LogP contribution in [0.1, 0.15) is 12.5 Å². The maximum absolute atomic E-state index is 5.78. The Morgan fingerprint density at radius 3 is 2.77 bits per heavy atom. The Labute approximate surface area is 79.5 Å². The molecule has 13 heavy (non-hydrogen) atoms. The lowest BCUT2D eigenvalue weighted by atomic mass is 10.2. The van der Waals surface area contributed by atoms with Crippen LogP contribution in [0, 0.1) is 0 Å². The van der Waals surface area contributed by atoms with Crippen LogP contribution >= 0.6 is 0 Å². The first-order chi connectivity index (χ1) is 6.20. The van der Waals surface area contributed by atoms with Gasteiger partial charge in [-0.3, -0.25) is 0 Å². The Morgan fingerprint density at radius 2 is 2.15 bits per heavy atom. The molecule has 0 bridgehead atoms. The van der Waals surface area contributed by atoms with Crippen LogP contribution in [-0.2, 0) is 6.54 Å². The molecular weight excluding hydrogens is 160 g/mol. The zero-order chi connectivity index (χ0) is 9.68. The minimum atomic E-state index is 0.805. The molecule has 0 spiro atoms. The summed E-state index contributed by atoms with van der Waals surface area (Å²) >= 11 is 0. The summed E-state index contributed by atoms with van der Waals surface area (Å²) in [5.41, 5.74) is 8.90. The summed E-state index contributed by atoms with van der Waals surface area (Å²) in [5, 5.41) is 3.26. The highest BCUT2D eigenvalue weighted by molar-refractivity contribution is 5.46. The Morgan fingerprint density at radius 1 is 1.46 bits per heavy atom. The van der Waals surface area contributed by atoms with Crippen molar-refractivity contribution in [2.24, 2.45) is 0 Å². The molecule has 2 heteroatoms. The molecule has 0 fully saturated rings. The Bertz CT molecular complexity index is 292. The number of hydrogen-bond donors (Lipinski definition) is 2. The zero-order valence-electron chi connectivity index (χ0n) is 8.01. The van der Waals surface area contributed by atoms with Gasteiger partial charge in [-0.05, 0) is 18.6 Å². The summed E-state index contributed by atoms with van der Waals surface area (Å²) in [6.07, 6.45) is 0. The zero-order valence-corrected chi connectivity index (χ0v) is 8.01. The average Bonchev–Trinajstić information content (AvgIpc) is 2.08. The average molecular weight is 176 g/mol. The molecule has 0 atom stereocenters. The number of nitrogens with two attached hydrogens (primary N) is 1. The summed E-state index contributed by atoms with van der Waals surface area (Å²) in [4.78, 5) is 0. The fourth-order valence-corrected chi connectivity index (χ4v) is 1.11. The van der Waals surface area contributed by atoms with Gasteiger partial charge in [0.1, 0.15) is 0 Å². The van der Waals surface area contributed by atoms with Crippen molar-refractivity contribution in [1.29, 1.82) is 0 Å². The van der Waals surface area contributed by atoms with Crippen LogP contribution < -0.4 is 11.1 Å². The van der Waals surface area contributed by atoms with E-state index in [1.165, 1.54) is 0 Å². The molecule has 1 aromatic carbocycles. The Hall–Kier alpha value is -1.28. The van der Waals surface area contributed by atoms with E-state index in [-0.39, 0.29) is 0 Å². The lowest BCUT2D eigenvalue weighted by Crippen LogP contribution is -2.16. The Kier molecular flexibility index (Phi) is 3.53. The summed E-state index contributed by atoms with van der Waals surface area (Å²) < 4.78 is 0. The third-order valence-corrected chi connectivity index (χ3v) is 1.80. The van der Waals surface area contributed by atoms with Crippen LogP contribution in [0.25, 0.3) is 0 Å². The highest BCUT2D eigenvalue weighted by Gasteiger charge is 1.95. The van der Waals surface area contributed by atoms with E-state index in [0.29, 0.717) is 0 Å². The molecule has 0 aromatic heterocycles. The van der Waals surface area contributed by atoms with Crippen molar-refractivity contribution in [1.82, 2.24) is 5.32 Å². The van der Waals surface area contributed by atoms with Gasteiger partial charge >= 0.3 is 0 Å². The molecule has 0 amide bonds. The van der Waals surface area contributed by atoms with Crippen molar-refractivity contribution in [3.05, 3.63) is 42.0 Å². The molecule has 1 rings (SSSR count). The lowest BCUT2D eigenvalue weighted by molar-refractivity contribution is 0.742. The topological polar surface area (TPSA) is 38.0 Å². The van der Waals surface area contributed by atoms with Gasteiger partial charge in [-0.25, -0.2) is 0 Å². The first-order valence-electron chi connectivity index (χ1n) is 4.38. The highest BCUT2D eigenvalue weighted by atomic mass is 14.9. The molecule has 0 aliphatic carbocycles. The largest absolute Gasteiger partial charge is 0.398 e. The standard InChI is InChI=1S/C11H16N2/c1-9(2)7-13-8-10-5-3-4-6-11(10)12/h3-6,13H,1,7-8,12H2,2H3. The van der Waals surface area contributed by atoms with Gasteiger partial charge in [0.15, 0.2) is 0 Å². The van der Waals surface area contributed by atoms with Crippen molar-refractivity contribution >= 4 is 5.69 Å². The van der Waals surface area contributed by atoms with Crippen molar-refractivity contribution in [2.75, 3.05) is 12.3 Å². The fraction of sp³-hybridized carbons (Fsp3) is 0.273. The number of nitrogens with one attached hydrogen (secondary N) is 1. The predicted octanol–water partition coefficient (Wildman–Crippen LogP) is 1.93. The van der Waals surface area contributed by atoms with E-state index in [0.717, 1.165) is 29.9 Å². The molecule has 0 saturated carbocycles. The maximum atomic E-state index is 5.78. The fourth-order valence-electron chi connectivity index (χ4n) is 1.11. The van der Waals surface area contributed by atoms with E-state index < -0.39 is 0 Å². The number of hydrogen-bond acceptors (Lipinski definition) is 2. The van der Waals surface area contributed by atoms with Crippen LogP contribution in [0.3, 0.4) is 0 Å². The van der Waals surface area contributed by atoms with Crippen molar-refractivity contribution in [2.45, 2.75) is 13.5 Å². The molecule has 0 saturated heterocycles. The van der Waals surface area contributed by atoms with Crippen LogP contribution in [-0.4, -0.2) is 6.54 Å². The van der Waals surface area contributed by atoms with Gasteiger partial charge in [0.05, 0.1) is 0 Å². The first kappa shape index (κ1) is 9.81. The summed E-state index contributed by atoms with van der Waals surface area (Å²) in [6, 6.07) is 7.88. The summed E-state index contributed by atoms with van der Waals surface area (Å²) in [7, 11) is 0. The quantitative estimate of drug-likeness (QED) is 0.543. The number of benzene rings is 1. The molecule has 70 valence electrons. The van der Waals surface area contributed by atoms with E-state index in [1.54, 1.807) is 0 Å². The normalized spacial score (nSPS) is 9.92. The van der Waals surface area contributed by atoms with Gasteiger partial charge in [-0.2, -0.15) is 0 Å². The lowest BCUT2D eigenvalue weighted by Gasteiger charge is -2.06. The molecule has 2 nitrogen and oxygen atoms in total. The monoisotopic (exact) mass is 176 g/mol. The SMILES string of the molecule is C=C(C)CNCc1ccccc1N. The molecule has 0 aliphatic rings. The van der Waals surface area contributed by atoms with Crippen molar-refractivity contribution in [3.8, 4) is 0 Å². The van der Waals surface area contributed by atoms with Gasteiger partial charge in [0.25, 0.3) is 0 Å². The molecule has 1 aromatic rings. The number of nitrogen functional groups attached to an aromatic ring is 1. The first-order valence-corrected chi connectivity index (χ1v) is 4.38. The predicted molar refractivity (Wildman–Crippen MR) is 57.4 cm³/mol. The summed E-state index contributed by atoms with van der Waals surface area (Å²) in [5.74, 6) is 0. The third-order valence-electron chi connectivity index (χ3n) is 1.80. The van der Waals surface area contributed by atoms with Crippen LogP contribution in [0.2, 0.25) is 0 Å². The molecule has 0 unspecified atom stereocenters. The van der Waals surface area contributed by atoms with Crippen LogP contribution in [0.4, 0.5) is 5.69 Å². The minimum Gasteiger partial charge on any atom is -0.398 e. The van der Waals surface area contributed by atoms with Gasteiger partial charge in [-0.1, -0.05) is 30.4 Å². The maximum Gasteiger partial charge on any atom is 0.0359 e. The smallest absolute Gasteiger partial charge is 0.0359 e. The van der Waals surface area contributed by atoms with Gasteiger partial charge < -0.3 is 11.1 Å². The van der Waals surface area contributed by atoms with Gasteiger partial charge in [0, 0.05) is 18.8 Å². The highest BCUT2D eigenvalue weighted by Crippen LogP contribution is 2.09. The van der Waals surface area contributed by atoms with E-state index in [2.05, 4.69) is 11.9 Å². The number of anilines is 1. The van der Waals surface area contributed by atoms with E-state index >= 15 is 0 Å². The molecule has 0 radical (unpaired) electrons. The van der Waals surface area contributed by atoms with Gasteiger partial charge in [-0.15, -0.1) is 0 Å². The van der Waals surface area contributed by atoms with Crippen LogP contribution in [0.15, 0.2) is 36.4 Å². The Balaban J connectivity index is 2.45.